The van der Waals surface area contributed by atoms with E-state index in [2.05, 4.69) is 9.97 Å². The van der Waals surface area contributed by atoms with Gasteiger partial charge in [-0.2, -0.15) is 0 Å². The SMILES string of the molecule is CC(C)c1nc(S[C@H](C)C(=O)[O-])c2c(=O)n(C)c(=O)n(C)c2n1. The zero-order valence-electron chi connectivity index (χ0n) is 13.5. The van der Waals surface area contributed by atoms with E-state index >= 15 is 0 Å². The average Bonchev–Trinajstić information content (AvgIpc) is 2.49. The Labute approximate surface area is 136 Å². The topological polar surface area (TPSA) is 110 Å². The fraction of sp³-hybridized carbons (Fsp3) is 0.500. The van der Waals surface area contributed by atoms with Crippen LogP contribution in [0.1, 0.15) is 32.5 Å². The van der Waals surface area contributed by atoms with E-state index in [4.69, 9.17) is 0 Å². The molecule has 0 aliphatic carbocycles. The Hall–Kier alpha value is -2.16. The van der Waals surface area contributed by atoms with Gasteiger partial charge in [0.15, 0.2) is 5.65 Å². The van der Waals surface area contributed by atoms with Gasteiger partial charge in [-0.05, 0) is 6.92 Å². The molecule has 0 aliphatic rings. The quantitative estimate of drug-likeness (QED) is 0.540. The molecule has 2 aromatic rings. The third kappa shape index (κ3) is 3.00. The molecule has 124 valence electrons. The zero-order valence-corrected chi connectivity index (χ0v) is 14.3. The Kier molecular flexibility index (Phi) is 4.60. The summed E-state index contributed by atoms with van der Waals surface area (Å²) in [6, 6.07) is 0. The first-order chi connectivity index (χ1) is 10.6. The Morgan fingerprint density at radius 1 is 1.13 bits per heavy atom. The summed E-state index contributed by atoms with van der Waals surface area (Å²) in [6.07, 6.45) is 0. The Balaban J connectivity index is 2.90. The van der Waals surface area contributed by atoms with Crippen molar-refractivity contribution >= 4 is 28.8 Å². The monoisotopic (exact) mass is 337 g/mol. The van der Waals surface area contributed by atoms with Crippen LogP contribution in [0.4, 0.5) is 0 Å². The molecule has 0 radical (unpaired) electrons. The summed E-state index contributed by atoms with van der Waals surface area (Å²) < 4.78 is 2.21. The summed E-state index contributed by atoms with van der Waals surface area (Å²) in [5.74, 6) is -0.862. The van der Waals surface area contributed by atoms with Gasteiger partial charge >= 0.3 is 5.69 Å². The van der Waals surface area contributed by atoms with Crippen LogP contribution in [-0.4, -0.2) is 30.3 Å². The molecule has 2 heterocycles. The number of hydrogen-bond acceptors (Lipinski definition) is 7. The minimum atomic E-state index is -1.26. The van der Waals surface area contributed by atoms with Gasteiger partial charge in [0.2, 0.25) is 0 Å². The molecule has 8 nitrogen and oxygen atoms in total. The molecule has 0 aromatic carbocycles. The number of aromatic nitrogens is 4. The van der Waals surface area contributed by atoms with Crippen LogP contribution in [-0.2, 0) is 18.9 Å². The number of carboxylic acids is 1. The summed E-state index contributed by atoms with van der Waals surface area (Å²) in [5.41, 5.74) is -0.851. The minimum absolute atomic E-state index is 0.0452. The Morgan fingerprint density at radius 2 is 1.74 bits per heavy atom. The van der Waals surface area contributed by atoms with Crippen LogP contribution >= 0.6 is 11.8 Å². The Bertz CT molecular complexity index is 900. The van der Waals surface area contributed by atoms with Crippen molar-refractivity contribution in [1.29, 1.82) is 0 Å². The van der Waals surface area contributed by atoms with E-state index < -0.39 is 22.5 Å². The molecule has 0 saturated carbocycles. The highest BCUT2D eigenvalue weighted by Crippen LogP contribution is 2.27. The number of carbonyl (C=O) groups excluding carboxylic acids is 1. The van der Waals surface area contributed by atoms with Crippen molar-refractivity contribution in [3.63, 3.8) is 0 Å². The lowest BCUT2D eigenvalue weighted by molar-refractivity contribution is -0.304. The normalized spacial score (nSPS) is 12.8. The third-order valence-corrected chi connectivity index (χ3v) is 4.49. The van der Waals surface area contributed by atoms with E-state index in [0.29, 0.717) is 5.82 Å². The van der Waals surface area contributed by atoms with Crippen molar-refractivity contribution in [2.75, 3.05) is 0 Å². The van der Waals surface area contributed by atoms with Gasteiger partial charge in [0.25, 0.3) is 5.56 Å². The highest BCUT2D eigenvalue weighted by molar-refractivity contribution is 8.00. The van der Waals surface area contributed by atoms with Gasteiger partial charge in [-0.1, -0.05) is 25.6 Å². The second-order valence-corrected chi connectivity index (χ2v) is 6.85. The molecule has 0 amide bonds. The largest absolute Gasteiger partial charge is 0.549 e. The van der Waals surface area contributed by atoms with Crippen LogP contribution in [0, 0.1) is 0 Å². The van der Waals surface area contributed by atoms with Crippen LogP contribution < -0.4 is 16.4 Å². The summed E-state index contributed by atoms with van der Waals surface area (Å²) in [7, 11) is 2.87. The highest BCUT2D eigenvalue weighted by Gasteiger charge is 2.20. The van der Waals surface area contributed by atoms with Crippen molar-refractivity contribution in [3.8, 4) is 0 Å². The maximum absolute atomic E-state index is 12.4. The second-order valence-electron chi connectivity index (χ2n) is 5.53. The molecule has 0 spiro atoms. The summed E-state index contributed by atoms with van der Waals surface area (Å²) in [6.45, 7) is 5.20. The lowest BCUT2D eigenvalue weighted by Gasteiger charge is -2.16. The van der Waals surface area contributed by atoms with Crippen LogP contribution in [0.5, 0.6) is 0 Å². The first kappa shape index (κ1) is 17.2. The second kappa shape index (κ2) is 6.15. The first-order valence-electron chi connectivity index (χ1n) is 7.00. The maximum Gasteiger partial charge on any atom is 0.332 e. The van der Waals surface area contributed by atoms with Crippen molar-refractivity contribution in [1.82, 2.24) is 19.1 Å². The van der Waals surface area contributed by atoms with E-state index in [-0.39, 0.29) is 22.0 Å². The smallest absolute Gasteiger partial charge is 0.332 e. The summed E-state index contributed by atoms with van der Waals surface area (Å²) in [5, 5.41) is 10.5. The molecule has 9 heteroatoms. The molecular weight excluding hydrogens is 320 g/mol. The molecule has 0 saturated heterocycles. The lowest BCUT2D eigenvalue weighted by atomic mass is 10.2. The average molecular weight is 337 g/mol. The van der Waals surface area contributed by atoms with Gasteiger partial charge in [0.1, 0.15) is 16.2 Å². The summed E-state index contributed by atoms with van der Waals surface area (Å²) in [4.78, 5) is 44.2. The number of carbonyl (C=O) groups is 1. The van der Waals surface area contributed by atoms with Gasteiger partial charge in [0.05, 0.1) is 5.97 Å². The van der Waals surface area contributed by atoms with E-state index in [1.807, 2.05) is 13.8 Å². The maximum atomic E-state index is 12.4. The van der Waals surface area contributed by atoms with Crippen LogP contribution in [0.15, 0.2) is 14.6 Å². The van der Waals surface area contributed by atoms with Crippen molar-refractivity contribution in [2.24, 2.45) is 14.1 Å². The molecule has 2 rings (SSSR count). The van der Waals surface area contributed by atoms with E-state index in [1.165, 1.54) is 25.6 Å². The molecule has 0 fully saturated rings. The van der Waals surface area contributed by atoms with Gasteiger partial charge in [-0.15, -0.1) is 0 Å². The van der Waals surface area contributed by atoms with Gasteiger partial charge < -0.3 is 9.90 Å². The third-order valence-electron chi connectivity index (χ3n) is 3.42. The molecule has 0 bridgehead atoms. The van der Waals surface area contributed by atoms with Crippen LogP contribution in [0.3, 0.4) is 0 Å². The van der Waals surface area contributed by atoms with Crippen LogP contribution in [0.2, 0.25) is 0 Å². The van der Waals surface area contributed by atoms with Crippen molar-refractivity contribution < 1.29 is 9.90 Å². The number of nitrogens with zero attached hydrogens (tertiary/aromatic N) is 4. The van der Waals surface area contributed by atoms with Crippen molar-refractivity contribution in [2.45, 2.75) is 37.0 Å². The number of rotatable bonds is 4. The number of thioether (sulfide) groups is 1. The van der Waals surface area contributed by atoms with Gasteiger partial charge in [-0.25, -0.2) is 14.8 Å². The van der Waals surface area contributed by atoms with E-state index in [1.54, 1.807) is 0 Å². The standard InChI is InChI=1S/C14H18N4O4S/c1-6(2)9-15-10-8(11(16-9)23-7(3)13(20)21)12(19)18(5)14(22)17(10)4/h6-7H,1-5H3,(H,20,21)/p-1/t7-/m1/s1. The van der Waals surface area contributed by atoms with Gasteiger partial charge in [0, 0.05) is 25.3 Å². The summed E-state index contributed by atoms with van der Waals surface area (Å²) >= 11 is 0.908. The van der Waals surface area contributed by atoms with Gasteiger partial charge in [-0.3, -0.25) is 13.9 Å². The number of hydrogen-bond donors (Lipinski definition) is 0. The minimum Gasteiger partial charge on any atom is -0.549 e. The first-order valence-corrected chi connectivity index (χ1v) is 7.88. The van der Waals surface area contributed by atoms with Crippen LogP contribution in [0.25, 0.3) is 11.0 Å². The number of aliphatic carboxylic acids is 1. The number of fused-ring (bicyclic) bond motifs is 1. The fourth-order valence-corrected chi connectivity index (χ4v) is 2.88. The molecule has 1 atom stereocenters. The molecule has 23 heavy (non-hydrogen) atoms. The fourth-order valence-electron chi connectivity index (χ4n) is 2.00. The molecule has 0 N–H and O–H groups in total. The number of carboxylic acid groups (broad SMARTS) is 1. The zero-order chi connectivity index (χ0) is 17.5. The predicted molar refractivity (Wildman–Crippen MR) is 84.4 cm³/mol. The Morgan fingerprint density at radius 3 is 2.26 bits per heavy atom. The van der Waals surface area contributed by atoms with E-state index in [9.17, 15) is 19.5 Å². The highest BCUT2D eigenvalue weighted by atomic mass is 32.2. The molecule has 0 unspecified atom stereocenters. The van der Waals surface area contributed by atoms with E-state index in [0.717, 1.165) is 16.3 Å². The molecular formula is C14H17N4O4S-. The number of aryl methyl sites for hydroxylation is 1. The van der Waals surface area contributed by atoms with Crippen molar-refractivity contribution in [3.05, 3.63) is 26.7 Å². The lowest BCUT2D eigenvalue weighted by Crippen LogP contribution is -2.38. The predicted octanol–water partition coefficient (Wildman–Crippen LogP) is -0.619. The molecule has 2 aromatic heterocycles. The molecule has 0 aliphatic heterocycles.